The number of aryl methyl sites for hydroxylation is 1. The van der Waals surface area contributed by atoms with Crippen LogP contribution in [0.1, 0.15) is 32.5 Å². The predicted molar refractivity (Wildman–Crippen MR) is 70.0 cm³/mol. The van der Waals surface area contributed by atoms with Gasteiger partial charge in [0.05, 0.1) is 3.57 Å². The molecule has 1 aromatic heterocycles. The molecular formula is C11H17IN2O. The van der Waals surface area contributed by atoms with Crippen molar-refractivity contribution < 1.29 is 0 Å². The van der Waals surface area contributed by atoms with Crippen molar-refractivity contribution in [1.82, 2.24) is 9.55 Å². The van der Waals surface area contributed by atoms with E-state index in [-0.39, 0.29) is 5.56 Å². The molecule has 0 radical (unpaired) electrons. The fourth-order valence-electron chi connectivity index (χ4n) is 1.66. The van der Waals surface area contributed by atoms with Crippen LogP contribution in [0.25, 0.3) is 0 Å². The molecule has 0 bridgehead atoms. The van der Waals surface area contributed by atoms with Crippen molar-refractivity contribution in [3.8, 4) is 0 Å². The van der Waals surface area contributed by atoms with E-state index in [1.54, 1.807) is 10.8 Å². The standard InChI is InChI=1S/C11H17IN2O/c1-4-5-8(2)7-14-9(3)13-6-10(12)11(14)15/h6,8H,4-5,7H2,1-3H3. The lowest BCUT2D eigenvalue weighted by Crippen LogP contribution is -2.28. The molecule has 0 fully saturated rings. The summed E-state index contributed by atoms with van der Waals surface area (Å²) in [6.45, 7) is 7.01. The topological polar surface area (TPSA) is 34.9 Å². The quantitative estimate of drug-likeness (QED) is 0.799. The molecule has 4 heteroatoms. The van der Waals surface area contributed by atoms with Gasteiger partial charge in [0.2, 0.25) is 0 Å². The number of rotatable bonds is 4. The molecule has 0 N–H and O–H groups in total. The van der Waals surface area contributed by atoms with E-state index in [0.29, 0.717) is 9.49 Å². The largest absolute Gasteiger partial charge is 0.296 e. The summed E-state index contributed by atoms with van der Waals surface area (Å²) in [7, 11) is 0. The van der Waals surface area contributed by atoms with Crippen molar-refractivity contribution >= 4 is 22.6 Å². The second kappa shape index (κ2) is 5.63. The SMILES string of the molecule is CCCC(C)Cn1c(C)ncc(I)c1=O. The Hall–Kier alpha value is -0.390. The Kier molecular flexibility index (Phi) is 4.76. The highest BCUT2D eigenvalue weighted by Crippen LogP contribution is 2.08. The normalized spacial score (nSPS) is 12.8. The van der Waals surface area contributed by atoms with Crippen LogP contribution in [0, 0.1) is 16.4 Å². The van der Waals surface area contributed by atoms with Crippen LogP contribution in [0.15, 0.2) is 11.0 Å². The van der Waals surface area contributed by atoms with Crippen molar-refractivity contribution in [1.29, 1.82) is 0 Å². The van der Waals surface area contributed by atoms with Gasteiger partial charge in [-0.25, -0.2) is 4.98 Å². The summed E-state index contributed by atoms with van der Waals surface area (Å²) in [6.07, 6.45) is 3.95. The Morgan fingerprint density at radius 3 is 2.87 bits per heavy atom. The molecule has 1 atom stereocenters. The predicted octanol–water partition coefficient (Wildman–Crippen LogP) is 2.59. The first-order valence-electron chi connectivity index (χ1n) is 5.28. The van der Waals surface area contributed by atoms with Crippen LogP contribution in [-0.4, -0.2) is 9.55 Å². The van der Waals surface area contributed by atoms with Crippen LogP contribution >= 0.6 is 22.6 Å². The lowest BCUT2D eigenvalue weighted by atomic mass is 10.1. The Bertz CT molecular complexity index is 387. The summed E-state index contributed by atoms with van der Waals surface area (Å²) in [5.74, 6) is 1.34. The van der Waals surface area contributed by atoms with Crippen LogP contribution < -0.4 is 5.56 Å². The number of halogens is 1. The minimum Gasteiger partial charge on any atom is -0.296 e. The molecule has 0 aromatic carbocycles. The zero-order chi connectivity index (χ0) is 11.4. The van der Waals surface area contributed by atoms with Gasteiger partial charge in [-0.3, -0.25) is 9.36 Å². The van der Waals surface area contributed by atoms with Crippen molar-refractivity contribution in [2.24, 2.45) is 5.92 Å². The summed E-state index contributed by atoms with van der Waals surface area (Å²) < 4.78 is 2.48. The van der Waals surface area contributed by atoms with Crippen LogP contribution in [0.5, 0.6) is 0 Å². The van der Waals surface area contributed by atoms with E-state index in [2.05, 4.69) is 18.8 Å². The third-order valence-corrected chi connectivity index (χ3v) is 3.22. The molecular weight excluding hydrogens is 303 g/mol. The third kappa shape index (κ3) is 3.29. The monoisotopic (exact) mass is 320 g/mol. The maximum atomic E-state index is 11.8. The molecule has 0 aliphatic heterocycles. The Morgan fingerprint density at radius 2 is 2.27 bits per heavy atom. The van der Waals surface area contributed by atoms with Crippen LogP contribution in [0.4, 0.5) is 0 Å². The van der Waals surface area contributed by atoms with Gasteiger partial charge in [0.25, 0.3) is 5.56 Å². The van der Waals surface area contributed by atoms with E-state index in [1.165, 1.54) is 0 Å². The molecule has 15 heavy (non-hydrogen) atoms. The highest BCUT2D eigenvalue weighted by Gasteiger charge is 2.08. The van der Waals surface area contributed by atoms with Crippen molar-refractivity contribution in [3.05, 3.63) is 25.9 Å². The van der Waals surface area contributed by atoms with Gasteiger partial charge in [0.1, 0.15) is 5.82 Å². The summed E-state index contributed by atoms with van der Waals surface area (Å²) in [5.41, 5.74) is 0.0889. The highest BCUT2D eigenvalue weighted by atomic mass is 127. The van der Waals surface area contributed by atoms with Gasteiger partial charge < -0.3 is 0 Å². The van der Waals surface area contributed by atoms with Crippen molar-refractivity contribution in [2.75, 3.05) is 0 Å². The molecule has 0 aliphatic rings. The van der Waals surface area contributed by atoms with Crippen LogP contribution in [0.3, 0.4) is 0 Å². The van der Waals surface area contributed by atoms with E-state index >= 15 is 0 Å². The molecule has 0 spiro atoms. The van der Waals surface area contributed by atoms with Gasteiger partial charge in [-0.15, -0.1) is 0 Å². The van der Waals surface area contributed by atoms with E-state index in [0.717, 1.165) is 25.2 Å². The molecule has 0 aliphatic carbocycles. The molecule has 3 nitrogen and oxygen atoms in total. The van der Waals surface area contributed by atoms with E-state index < -0.39 is 0 Å². The first-order valence-corrected chi connectivity index (χ1v) is 6.36. The smallest absolute Gasteiger partial charge is 0.266 e. The van der Waals surface area contributed by atoms with Gasteiger partial charge in [-0.1, -0.05) is 20.3 Å². The minimum atomic E-state index is 0.0889. The van der Waals surface area contributed by atoms with Crippen molar-refractivity contribution in [2.45, 2.75) is 40.2 Å². The summed E-state index contributed by atoms with van der Waals surface area (Å²) in [4.78, 5) is 16.1. The van der Waals surface area contributed by atoms with Crippen LogP contribution in [0.2, 0.25) is 0 Å². The number of hydrogen-bond acceptors (Lipinski definition) is 2. The fraction of sp³-hybridized carbons (Fsp3) is 0.636. The Labute approximate surface area is 104 Å². The Balaban J connectivity index is 2.94. The maximum absolute atomic E-state index is 11.8. The average Bonchev–Trinajstić information content (AvgIpc) is 2.19. The Morgan fingerprint density at radius 1 is 1.60 bits per heavy atom. The summed E-state index contributed by atoms with van der Waals surface area (Å²) >= 11 is 2.04. The van der Waals surface area contributed by atoms with E-state index in [1.807, 2.05) is 29.5 Å². The first-order chi connectivity index (χ1) is 7.06. The van der Waals surface area contributed by atoms with Gasteiger partial charge in [-0.2, -0.15) is 0 Å². The number of hydrogen-bond donors (Lipinski definition) is 0. The summed E-state index contributed by atoms with van der Waals surface area (Å²) in [5, 5.41) is 0. The zero-order valence-corrected chi connectivity index (χ0v) is 11.6. The molecule has 0 saturated heterocycles. The van der Waals surface area contributed by atoms with Gasteiger partial charge in [-0.05, 0) is 41.9 Å². The number of aromatic nitrogens is 2. The molecule has 1 aromatic rings. The number of nitrogens with zero attached hydrogens (tertiary/aromatic N) is 2. The van der Waals surface area contributed by atoms with Gasteiger partial charge in [0, 0.05) is 12.7 Å². The second-order valence-corrected chi connectivity index (χ2v) is 5.13. The average molecular weight is 320 g/mol. The molecule has 1 unspecified atom stereocenters. The fourth-order valence-corrected chi connectivity index (χ4v) is 2.09. The molecule has 1 heterocycles. The third-order valence-electron chi connectivity index (χ3n) is 2.48. The van der Waals surface area contributed by atoms with E-state index in [9.17, 15) is 4.79 Å². The van der Waals surface area contributed by atoms with Crippen molar-refractivity contribution in [3.63, 3.8) is 0 Å². The lowest BCUT2D eigenvalue weighted by molar-refractivity contribution is 0.427. The van der Waals surface area contributed by atoms with Gasteiger partial charge >= 0.3 is 0 Å². The lowest BCUT2D eigenvalue weighted by Gasteiger charge is -2.14. The summed E-state index contributed by atoms with van der Waals surface area (Å²) in [6, 6.07) is 0. The maximum Gasteiger partial charge on any atom is 0.266 e. The van der Waals surface area contributed by atoms with E-state index in [4.69, 9.17) is 0 Å². The van der Waals surface area contributed by atoms with Gasteiger partial charge in [0.15, 0.2) is 0 Å². The minimum absolute atomic E-state index is 0.0889. The molecule has 84 valence electrons. The molecule has 0 saturated carbocycles. The first kappa shape index (κ1) is 12.7. The zero-order valence-electron chi connectivity index (χ0n) is 9.46. The molecule has 0 amide bonds. The second-order valence-electron chi connectivity index (χ2n) is 3.96. The molecule has 1 rings (SSSR count). The van der Waals surface area contributed by atoms with Crippen LogP contribution in [-0.2, 0) is 6.54 Å². The highest BCUT2D eigenvalue weighted by molar-refractivity contribution is 14.1.